The average molecular weight is 555 g/mol. The Kier molecular flexibility index (Phi) is 7.32. The number of aromatic nitrogens is 2. The van der Waals surface area contributed by atoms with Crippen LogP contribution in [0, 0.1) is 5.92 Å². The first-order chi connectivity index (χ1) is 19.6. The Labute approximate surface area is 236 Å². The second-order valence-electron chi connectivity index (χ2n) is 10.2. The summed E-state index contributed by atoms with van der Waals surface area (Å²) in [6, 6.07) is 17.2. The summed E-state index contributed by atoms with van der Waals surface area (Å²) < 4.78 is 5.60. The summed E-state index contributed by atoms with van der Waals surface area (Å²) in [5.74, 6) is 0.922. The van der Waals surface area contributed by atoms with E-state index in [9.17, 15) is 14.7 Å². The highest BCUT2D eigenvalue weighted by molar-refractivity contribution is 7.13. The first-order valence-corrected chi connectivity index (χ1v) is 14.3. The van der Waals surface area contributed by atoms with Gasteiger partial charge < -0.3 is 14.7 Å². The molecule has 0 bridgehead atoms. The third kappa shape index (κ3) is 5.22. The lowest BCUT2D eigenvalue weighted by Gasteiger charge is -2.26. The molecular weight excluding hydrogens is 524 g/mol. The number of rotatable bonds is 9. The van der Waals surface area contributed by atoms with Crippen molar-refractivity contribution in [2.24, 2.45) is 5.92 Å². The summed E-state index contributed by atoms with van der Waals surface area (Å²) in [7, 11) is 1.65. The molecule has 6 rings (SSSR count). The van der Waals surface area contributed by atoms with Crippen molar-refractivity contribution in [1.82, 2.24) is 14.9 Å². The fourth-order valence-electron chi connectivity index (χ4n) is 5.43. The molecule has 0 spiro atoms. The summed E-state index contributed by atoms with van der Waals surface area (Å²) >= 11 is 1.33. The lowest BCUT2D eigenvalue weighted by Crippen LogP contribution is -2.30. The maximum atomic E-state index is 13.4. The van der Waals surface area contributed by atoms with Crippen LogP contribution in [0.5, 0.6) is 5.75 Å². The molecule has 204 valence electrons. The molecule has 1 aliphatic heterocycles. The van der Waals surface area contributed by atoms with Gasteiger partial charge in [0.15, 0.2) is 5.13 Å². The number of nitrogens with one attached hydrogen (secondary N) is 1. The summed E-state index contributed by atoms with van der Waals surface area (Å²) in [5, 5.41) is 15.1. The fourth-order valence-corrected chi connectivity index (χ4v) is 5.95. The summed E-state index contributed by atoms with van der Waals surface area (Å²) in [6.07, 6.45) is 4.71. The monoisotopic (exact) mass is 554 g/mol. The molecule has 4 aromatic rings. The third-order valence-corrected chi connectivity index (χ3v) is 8.21. The lowest BCUT2D eigenvalue weighted by atomic mass is 9.93. The number of methoxy groups -OCH3 is 1. The topological polar surface area (TPSA) is 105 Å². The number of carbonyl (C=O) groups is 2. The SMILES string of the molecule is COc1ccccc1-c1cccc(-c2nc(C(=O)Nc3nccs3)cc3c2[C@@H](CCO)N(C(=O)CC2CC2)C3)c1. The first-order valence-electron chi connectivity index (χ1n) is 13.4. The van der Waals surface area contributed by atoms with Crippen molar-refractivity contribution in [2.75, 3.05) is 19.0 Å². The van der Waals surface area contributed by atoms with Gasteiger partial charge in [-0.3, -0.25) is 14.9 Å². The van der Waals surface area contributed by atoms with Crippen molar-refractivity contribution in [2.45, 2.75) is 38.3 Å². The Morgan fingerprint density at radius 1 is 1.12 bits per heavy atom. The fraction of sp³-hybridized carbons (Fsp3) is 0.290. The number of amides is 2. The highest BCUT2D eigenvalue weighted by Gasteiger charge is 2.38. The van der Waals surface area contributed by atoms with Crippen LogP contribution in [-0.2, 0) is 11.3 Å². The molecule has 1 fully saturated rings. The number of benzene rings is 2. The molecule has 2 amide bonds. The second-order valence-corrected chi connectivity index (χ2v) is 11.1. The number of nitrogens with zero attached hydrogens (tertiary/aromatic N) is 3. The number of para-hydroxylation sites is 1. The zero-order valence-corrected chi connectivity index (χ0v) is 23.0. The molecule has 8 nitrogen and oxygen atoms in total. The van der Waals surface area contributed by atoms with Crippen LogP contribution >= 0.6 is 11.3 Å². The summed E-state index contributed by atoms with van der Waals surface area (Å²) in [4.78, 5) is 37.6. The van der Waals surface area contributed by atoms with Crippen molar-refractivity contribution in [3.8, 4) is 28.1 Å². The molecule has 2 aromatic heterocycles. The Hall–Kier alpha value is -4.08. The van der Waals surface area contributed by atoms with Crippen molar-refractivity contribution in [3.05, 3.63) is 83.0 Å². The van der Waals surface area contributed by atoms with E-state index in [0.717, 1.165) is 46.4 Å². The van der Waals surface area contributed by atoms with Gasteiger partial charge in [-0.25, -0.2) is 9.97 Å². The minimum atomic E-state index is -0.360. The number of pyridine rings is 1. The van der Waals surface area contributed by atoms with Crippen molar-refractivity contribution in [1.29, 1.82) is 0 Å². The molecule has 2 N–H and O–H groups in total. The molecule has 1 atom stereocenters. The summed E-state index contributed by atoms with van der Waals surface area (Å²) in [5.41, 5.74) is 5.36. The normalized spacial score (nSPS) is 16.1. The van der Waals surface area contributed by atoms with E-state index in [1.54, 1.807) is 24.8 Å². The lowest BCUT2D eigenvalue weighted by molar-refractivity contribution is -0.134. The zero-order valence-electron chi connectivity index (χ0n) is 22.2. The van der Waals surface area contributed by atoms with Gasteiger partial charge in [-0.2, -0.15) is 0 Å². The van der Waals surface area contributed by atoms with Gasteiger partial charge in [0.05, 0.1) is 18.8 Å². The zero-order chi connectivity index (χ0) is 27.6. The predicted molar refractivity (Wildman–Crippen MR) is 154 cm³/mol. The maximum absolute atomic E-state index is 13.4. The van der Waals surface area contributed by atoms with Crippen LogP contribution < -0.4 is 10.1 Å². The molecule has 9 heteroatoms. The van der Waals surface area contributed by atoms with Crippen LogP contribution in [-0.4, -0.2) is 45.5 Å². The van der Waals surface area contributed by atoms with Crippen molar-refractivity contribution < 1.29 is 19.4 Å². The van der Waals surface area contributed by atoms with Crippen LogP contribution in [0.1, 0.15) is 53.3 Å². The number of anilines is 1. The van der Waals surface area contributed by atoms with Gasteiger partial charge in [-0.1, -0.05) is 36.4 Å². The molecule has 1 saturated carbocycles. The van der Waals surface area contributed by atoms with Gasteiger partial charge >= 0.3 is 0 Å². The van der Waals surface area contributed by atoms with E-state index in [1.165, 1.54) is 11.3 Å². The number of fused-ring (bicyclic) bond motifs is 1. The van der Waals surface area contributed by atoms with E-state index in [0.29, 0.717) is 36.1 Å². The van der Waals surface area contributed by atoms with Crippen LogP contribution in [0.4, 0.5) is 5.13 Å². The van der Waals surface area contributed by atoms with Crippen molar-refractivity contribution in [3.63, 3.8) is 0 Å². The quantitative estimate of drug-likeness (QED) is 0.275. The van der Waals surface area contributed by atoms with E-state index in [2.05, 4.69) is 10.3 Å². The summed E-state index contributed by atoms with van der Waals surface area (Å²) in [6.45, 7) is 0.315. The highest BCUT2D eigenvalue weighted by Crippen LogP contribution is 2.44. The Balaban J connectivity index is 1.46. The van der Waals surface area contributed by atoms with E-state index in [4.69, 9.17) is 9.72 Å². The number of hydrogen-bond donors (Lipinski definition) is 2. The van der Waals surface area contributed by atoms with Crippen molar-refractivity contribution >= 4 is 28.3 Å². The van der Waals surface area contributed by atoms with E-state index >= 15 is 0 Å². The number of ether oxygens (including phenoxy) is 1. The van der Waals surface area contributed by atoms with E-state index < -0.39 is 0 Å². The van der Waals surface area contributed by atoms with Crippen LogP contribution in [0.2, 0.25) is 0 Å². The standard InChI is InChI=1S/C31H30N4O4S/c1-39-26-8-3-2-7-23(26)20-5-4-6-21(16-20)29-28-22(17-24(33-29)30(38)34-31-32-12-14-40-31)18-35(25(28)11-13-36)27(37)15-19-9-10-19/h2-8,12,14,16-17,19,25,36H,9-11,13,15,18H2,1H3,(H,32,34,38)/t25-/m1/s1. The Morgan fingerprint density at radius 2 is 1.95 bits per heavy atom. The molecule has 2 aliphatic rings. The number of carbonyl (C=O) groups excluding carboxylic acids is 2. The first kappa shape index (κ1) is 26.2. The van der Waals surface area contributed by atoms with Gasteiger partial charge in [0, 0.05) is 47.8 Å². The molecule has 1 aliphatic carbocycles. The second kappa shape index (κ2) is 11.2. The largest absolute Gasteiger partial charge is 0.496 e. The van der Waals surface area contributed by atoms with Gasteiger partial charge in [0.1, 0.15) is 11.4 Å². The van der Waals surface area contributed by atoms with Gasteiger partial charge in [-0.05, 0) is 54.5 Å². The Bertz CT molecular complexity index is 1550. The smallest absolute Gasteiger partial charge is 0.276 e. The third-order valence-electron chi connectivity index (χ3n) is 7.52. The number of hydrogen-bond acceptors (Lipinski definition) is 7. The minimum Gasteiger partial charge on any atom is -0.496 e. The molecule has 0 radical (unpaired) electrons. The van der Waals surface area contributed by atoms with Crippen LogP contribution in [0.15, 0.2) is 66.2 Å². The molecule has 0 saturated heterocycles. The van der Waals surface area contributed by atoms with Gasteiger partial charge in [-0.15, -0.1) is 11.3 Å². The number of thiazole rings is 1. The number of aliphatic hydroxyl groups excluding tert-OH is 1. The van der Waals surface area contributed by atoms with E-state index in [1.807, 2.05) is 53.4 Å². The number of aliphatic hydroxyl groups is 1. The van der Waals surface area contributed by atoms with E-state index in [-0.39, 0.29) is 30.2 Å². The van der Waals surface area contributed by atoms with Gasteiger partial charge in [0.25, 0.3) is 5.91 Å². The predicted octanol–water partition coefficient (Wildman–Crippen LogP) is 5.70. The molecular formula is C31H30N4O4S. The molecule has 2 aromatic carbocycles. The molecule has 3 heterocycles. The van der Waals surface area contributed by atoms with Crippen LogP contribution in [0.25, 0.3) is 22.4 Å². The minimum absolute atomic E-state index is 0.0652. The van der Waals surface area contributed by atoms with Crippen LogP contribution in [0.3, 0.4) is 0 Å². The average Bonchev–Trinajstić information content (AvgIpc) is 3.50. The maximum Gasteiger partial charge on any atom is 0.276 e. The van der Waals surface area contributed by atoms with Gasteiger partial charge in [0.2, 0.25) is 5.91 Å². The highest BCUT2D eigenvalue weighted by atomic mass is 32.1. The molecule has 40 heavy (non-hydrogen) atoms. The molecule has 0 unspecified atom stereocenters. The Morgan fingerprint density at radius 3 is 2.70 bits per heavy atom.